The number of Topliss-reactive ketones (excluding diaryl/α,β-unsaturated/α-hetero) is 2. The Balaban J connectivity index is 2.10. The van der Waals surface area contributed by atoms with Gasteiger partial charge >= 0.3 is 0 Å². The van der Waals surface area contributed by atoms with Crippen molar-refractivity contribution in [3.63, 3.8) is 0 Å². The number of carbonyl (C=O) groups excluding carboxylic acids is 2. The summed E-state index contributed by atoms with van der Waals surface area (Å²) < 4.78 is 0. The van der Waals surface area contributed by atoms with Crippen molar-refractivity contribution < 1.29 is 14.7 Å². The summed E-state index contributed by atoms with van der Waals surface area (Å²) in [5.41, 5.74) is 2.79. The molecule has 0 aromatic heterocycles. The summed E-state index contributed by atoms with van der Waals surface area (Å²) in [6.07, 6.45) is 4.47. The highest BCUT2D eigenvalue weighted by Gasteiger charge is 2.56. The molecule has 0 saturated heterocycles. The van der Waals surface area contributed by atoms with Crippen LogP contribution in [0.15, 0.2) is 34.4 Å². The van der Waals surface area contributed by atoms with Crippen molar-refractivity contribution >= 4 is 11.6 Å². The summed E-state index contributed by atoms with van der Waals surface area (Å²) in [6.45, 7) is 9.97. The Morgan fingerprint density at radius 2 is 1.87 bits per heavy atom. The van der Waals surface area contributed by atoms with Crippen molar-refractivity contribution in [2.45, 2.75) is 53.6 Å². The van der Waals surface area contributed by atoms with Gasteiger partial charge in [-0.15, -0.1) is 0 Å². The fraction of sp³-hybridized carbons (Fsp3) is 0.600. The van der Waals surface area contributed by atoms with Crippen molar-refractivity contribution in [1.29, 1.82) is 0 Å². The van der Waals surface area contributed by atoms with Crippen LogP contribution in [0.4, 0.5) is 0 Å². The quantitative estimate of drug-likeness (QED) is 0.745. The molecule has 3 rings (SSSR count). The Kier molecular flexibility index (Phi) is 3.75. The van der Waals surface area contributed by atoms with Gasteiger partial charge in [-0.25, -0.2) is 0 Å². The second-order valence-electron chi connectivity index (χ2n) is 8.13. The molecule has 4 unspecified atom stereocenters. The van der Waals surface area contributed by atoms with Crippen molar-refractivity contribution in [2.24, 2.45) is 23.2 Å². The van der Waals surface area contributed by atoms with Crippen molar-refractivity contribution in [3.05, 3.63) is 34.4 Å². The Hall–Kier alpha value is -1.48. The Morgan fingerprint density at radius 1 is 1.22 bits per heavy atom. The van der Waals surface area contributed by atoms with Crippen LogP contribution in [-0.4, -0.2) is 22.8 Å². The predicted octanol–water partition coefficient (Wildman–Crippen LogP) is 3.39. The number of carbonyl (C=O) groups is 2. The standard InChI is InChI=1S/C20H26O3/c1-10-6-13-14(7-11(2)18(13)22)19(23)12(3)8-15-16(9-17(10)21)20(15,4)5/h6,8,11,15-17,21H,7,9H2,1-5H3. The van der Waals surface area contributed by atoms with Gasteiger partial charge in [0.25, 0.3) is 0 Å². The average Bonchev–Trinajstić information content (AvgIpc) is 2.85. The second-order valence-corrected chi connectivity index (χ2v) is 8.13. The fourth-order valence-corrected chi connectivity index (χ4v) is 4.20. The lowest BCUT2D eigenvalue weighted by Crippen LogP contribution is -2.12. The summed E-state index contributed by atoms with van der Waals surface area (Å²) in [6, 6.07) is 0. The Labute approximate surface area is 138 Å². The highest BCUT2D eigenvalue weighted by molar-refractivity contribution is 6.17. The number of allylic oxidation sites excluding steroid dienone is 5. The molecule has 3 nitrogen and oxygen atoms in total. The van der Waals surface area contributed by atoms with E-state index < -0.39 is 6.10 Å². The average molecular weight is 314 g/mol. The Bertz CT molecular complexity index is 675. The van der Waals surface area contributed by atoms with E-state index in [4.69, 9.17) is 0 Å². The first kappa shape index (κ1) is 16.4. The van der Waals surface area contributed by atoms with Crippen LogP contribution in [0.25, 0.3) is 0 Å². The molecule has 0 spiro atoms. The fourth-order valence-electron chi connectivity index (χ4n) is 4.20. The third-order valence-corrected chi connectivity index (χ3v) is 6.12. The lowest BCUT2D eigenvalue weighted by atomic mass is 9.96. The molecule has 3 aliphatic carbocycles. The van der Waals surface area contributed by atoms with Crippen LogP contribution in [0.3, 0.4) is 0 Å². The number of rotatable bonds is 0. The molecule has 0 radical (unpaired) electrons. The van der Waals surface area contributed by atoms with Gasteiger partial charge in [-0.3, -0.25) is 9.59 Å². The molecule has 3 heteroatoms. The van der Waals surface area contributed by atoms with Gasteiger partial charge < -0.3 is 5.11 Å². The molecule has 3 aliphatic rings. The van der Waals surface area contributed by atoms with E-state index >= 15 is 0 Å². The van der Waals surface area contributed by atoms with Crippen LogP contribution in [0.1, 0.15) is 47.5 Å². The van der Waals surface area contributed by atoms with E-state index in [2.05, 4.69) is 19.9 Å². The normalized spacial score (nSPS) is 36.8. The van der Waals surface area contributed by atoms with Gasteiger partial charge in [-0.1, -0.05) is 26.8 Å². The highest BCUT2D eigenvalue weighted by Crippen LogP contribution is 2.61. The minimum atomic E-state index is -0.552. The first-order valence-corrected chi connectivity index (χ1v) is 8.51. The van der Waals surface area contributed by atoms with Gasteiger partial charge in [0.2, 0.25) is 0 Å². The first-order chi connectivity index (χ1) is 10.6. The van der Waals surface area contributed by atoms with Crippen molar-refractivity contribution in [1.82, 2.24) is 0 Å². The number of aliphatic hydroxyl groups excluding tert-OH is 1. The number of aliphatic hydroxyl groups is 1. The SMILES string of the molecule is CC1=CC2C(CC(O)C(C)=CC3=C(CC(C)C3=O)C1=O)C2(C)C. The van der Waals surface area contributed by atoms with Crippen LogP contribution in [0.2, 0.25) is 0 Å². The van der Waals surface area contributed by atoms with E-state index in [9.17, 15) is 14.7 Å². The topological polar surface area (TPSA) is 54.4 Å². The van der Waals surface area contributed by atoms with Gasteiger partial charge in [0.05, 0.1) is 6.10 Å². The van der Waals surface area contributed by atoms with Gasteiger partial charge in [-0.05, 0) is 61.2 Å². The molecule has 0 aromatic rings. The zero-order chi connectivity index (χ0) is 17.1. The van der Waals surface area contributed by atoms with Crippen LogP contribution in [-0.2, 0) is 9.59 Å². The van der Waals surface area contributed by atoms with E-state index in [1.54, 1.807) is 6.08 Å². The van der Waals surface area contributed by atoms with Gasteiger partial charge in [0.1, 0.15) is 0 Å². The van der Waals surface area contributed by atoms with Gasteiger partial charge in [0, 0.05) is 17.1 Å². The molecule has 1 N–H and O–H groups in total. The summed E-state index contributed by atoms with van der Waals surface area (Å²) in [5.74, 6) is 0.583. The zero-order valence-corrected chi connectivity index (χ0v) is 14.6. The molecule has 4 atom stereocenters. The smallest absolute Gasteiger partial charge is 0.185 e. The number of hydrogen-bond donors (Lipinski definition) is 1. The molecular formula is C20H26O3. The number of ketones is 2. The third kappa shape index (κ3) is 2.55. The van der Waals surface area contributed by atoms with Gasteiger partial charge in [0.15, 0.2) is 11.6 Å². The predicted molar refractivity (Wildman–Crippen MR) is 89.7 cm³/mol. The molecule has 124 valence electrons. The molecule has 0 heterocycles. The Morgan fingerprint density at radius 3 is 2.52 bits per heavy atom. The maximum atomic E-state index is 12.8. The van der Waals surface area contributed by atoms with Crippen LogP contribution >= 0.6 is 0 Å². The van der Waals surface area contributed by atoms with Crippen LogP contribution < -0.4 is 0 Å². The second kappa shape index (κ2) is 5.27. The zero-order valence-electron chi connectivity index (χ0n) is 14.6. The molecule has 0 aliphatic heterocycles. The summed E-state index contributed by atoms with van der Waals surface area (Å²) >= 11 is 0. The molecular weight excluding hydrogens is 288 g/mol. The lowest BCUT2D eigenvalue weighted by molar-refractivity contribution is -0.117. The van der Waals surface area contributed by atoms with E-state index in [1.165, 1.54) is 0 Å². The monoisotopic (exact) mass is 314 g/mol. The molecule has 23 heavy (non-hydrogen) atoms. The molecule has 0 aromatic carbocycles. The summed E-state index contributed by atoms with van der Waals surface area (Å²) in [7, 11) is 0. The minimum Gasteiger partial charge on any atom is -0.389 e. The minimum absolute atomic E-state index is 0.000380. The maximum absolute atomic E-state index is 12.8. The van der Waals surface area contributed by atoms with Crippen LogP contribution in [0, 0.1) is 23.2 Å². The van der Waals surface area contributed by atoms with Gasteiger partial charge in [-0.2, -0.15) is 0 Å². The molecule has 1 saturated carbocycles. The lowest BCUT2D eigenvalue weighted by Gasteiger charge is -2.13. The number of fused-ring (bicyclic) bond motifs is 1. The van der Waals surface area contributed by atoms with E-state index in [0.717, 1.165) is 11.1 Å². The van der Waals surface area contributed by atoms with E-state index in [-0.39, 0.29) is 22.9 Å². The maximum Gasteiger partial charge on any atom is 0.185 e. The van der Waals surface area contributed by atoms with E-state index in [0.29, 0.717) is 35.8 Å². The first-order valence-electron chi connectivity index (χ1n) is 8.51. The molecule has 0 bridgehead atoms. The third-order valence-electron chi connectivity index (χ3n) is 6.12. The van der Waals surface area contributed by atoms with E-state index in [1.807, 2.05) is 20.8 Å². The van der Waals surface area contributed by atoms with Crippen LogP contribution in [0.5, 0.6) is 0 Å². The largest absolute Gasteiger partial charge is 0.389 e. The van der Waals surface area contributed by atoms with Crippen molar-refractivity contribution in [3.8, 4) is 0 Å². The van der Waals surface area contributed by atoms with Crippen molar-refractivity contribution in [2.75, 3.05) is 0 Å². The molecule has 0 amide bonds. The highest BCUT2D eigenvalue weighted by atomic mass is 16.3. The summed E-state index contributed by atoms with van der Waals surface area (Å²) in [5, 5.41) is 10.5. The molecule has 1 fully saturated rings. The number of hydrogen-bond acceptors (Lipinski definition) is 3. The summed E-state index contributed by atoms with van der Waals surface area (Å²) in [4.78, 5) is 25.3.